The molecule has 0 aliphatic rings. The van der Waals surface area contributed by atoms with Crippen LogP contribution < -0.4 is 0 Å². The lowest BCUT2D eigenvalue weighted by molar-refractivity contribution is -0.161. The summed E-state index contributed by atoms with van der Waals surface area (Å²) >= 11 is 0. The molecule has 5 atom stereocenters. The molecule has 0 saturated heterocycles. The zero-order valence-electron chi connectivity index (χ0n) is 58.4. The quantitative estimate of drug-likeness (QED) is 0.0222. The van der Waals surface area contributed by atoms with Crippen molar-refractivity contribution in [2.45, 2.75) is 381 Å². The first-order chi connectivity index (χ1) is 43.4. The largest absolute Gasteiger partial charge is 0.472 e. The third-order valence-corrected chi connectivity index (χ3v) is 18.4. The SMILES string of the molecule is CCCCCCCCCCCCCCCCCCCCCC(=O)O[C@H](COC(=O)CCCCCCCCCCCCCCC(C)C)COP(=O)(O)OC[C@@H](O)COP(=O)(O)OC[C@@H](COC(=O)CCCCCCC)OC(=O)CCCCCCCCCCC(C)C. The minimum atomic E-state index is -4.95. The number of phosphoric acid groups is 2. The first-order valence-electron chi connectivity index (χ1n) is 37.0. The second-order valence-corrected chi connectivity index (χ2v) is 29.5. The summed E-state index contributed by atoms with van der Waals surface area (Å²) < 4.78 is 68.1. The van der Waals surface area contributed by atoms with E-state index in [0.717, 1.165) is 108 Å². The molecule has 534 valence electrons. The Morgan fingerprint density at radius 2 is 0.511 bits per heavy atom. The second-order valence-electron chi connectivity index (χ2n) is 26.6. The summed E-state index contributed by atoms with van der Waals surface area (Å²) in [7, 11) is -9.89. The molecule has 0 aliphatic heterocycles. The van der Waals surface area contributed by atoms with Crippen LogP contribution in [-0.2, 0) is 65.4 Å². The van der Waals surface area contributed by atoms with Crippen LogP contribution in [0, 0.1) is 11.8 Å². The first kappa shape index (κ1) is 88.1. The van der Waals surface area contributed by atoms with Crippen molar-refractivity contribution in [3.63, 3.8) is 0 Å². The van der Waals surface area contributed by atoms with Gasteiger partial charge in [-0.1, -0.05) is 311 Å². The van der Waals surface area contributed by atoms with Crippen LogP contribution in [0.4, 0.5) is 0 Å². The van der Waals surface area contributed by atoms with Crippen LogP contribution in [-0.4, -0.2) is 96.7 Å². The van der Waals surface area contributed by atoms with Gasteiger partial charge in [-0.15, -0.1) is 0 Å². The van der Waals surface area contributed by atoms with Gasteiger partial charge in [0, 0.05) is 25.7 Å². The molecule has 19 heteroatoms. The number of ether oxygens (including phenoxy) is 4. The van der Waals surface area contributed by atoms with Crippen molar-refractivity contribution >= 4 is 39.5 Å². The number of rotatable bonds is 70. The molecule has 3 N–H and O–H groups in total. The van der Waals surface area contributed by atoms with E-state index in [-0.39, 0.29) is 25.7 Å². The first-order valence-corrected chi connectivity index (χ1v) is 40.0. The standard InChI is InChI=1S/C71H138O17P2/c1-7-9-11-13-14-15-16-17-18-19-20-21-22-23-28-31-37-43-49-55-70(75)88-67(60-82-69(74)54-48-42-36-30-27-25-24-26-29-34-40-45-51-63(3)4)62-86-90(79,80)84-58-65(72)57-83-89(77,78)85-61-66(59-81-68(73)53-47-39-12-10-8-2)87-71(76)56-50-44-38-33-32-35-41-46-52-64(5)6/h63-67,72H,7-62H2,1-6H3,(H,77,78)(H,79,80)/t65-,66+,67+/m0/s1. The Morgan fingerprint density at radius 3 is 0.756 bits per heavy atom. The Morgan fingerprint density at radius 1 is 0.300 bits per heavy atom. The number of aliphatic hydroxyl groups excluding tert-OH is 1. The van der Waals surface area contributed by atoms with Crippen LogP contribution in [0.1, 0.15) is 363 Å². The van der Waals surface area contributed by atoms with Gasteiger partial charge in [0.2, 0.25) is 0 Å². The third kappa shape index (κ3) is 64.8. The summed E-state index contributed by atoms with van der Waals surface area (Å²) in [6.07, 6.45) is 49.1. The fourth-order valence-corrected chi connectivity index (χ4v) is 12.3. The molecule has 17 nitrogen and oxygen atoms in total. The molecule has 0 rings (SSSR count). The van der Waals surface area contributed by atoms with Crippen LogP contribution in [0.3, 0.4) is 0 Å². The van der Waals surface area contributed by atoms with Gasteiger partial charge in [-0.2, -0.15) is 0 Å². The van der Waals surface area contributed by atoms with Gasteiger partial charge in [0.05, 0.1) is 26.4 Å². The Bertz CT molecular complexity index is 1750. The lowest BCUT2D eigenvalue weighted by Gasteiger charge is -2.21. The molecule has 0 radical (unpaired) electrons. The Labute approximate surface area is 549 Å². The number of carbonyl (C=O) groups is 4. The Hall–Kier alpha value is -1.94. The van der Waals surface area contributed by atoms with Crippen molar-refractivity contribution in [3.05, 3.63) is 0 Å². The maximum absolute atomic E-state index is 13.0. The van der Waals surface area contributed by atoms with E-state index in [9.17, 15) is 43.2 Å². The van der Waals surface area contributed by atoms with Gasteiger partial charge < -0.3 is 33.8 Å². The van der Waals surface area contributed by atoms with Crippen molar-refractivity contribution < 1.29 is 80.2 Å². The van der Waals surface area contributed by atoms with Gasteiger partial charge in [0.1, 0.15) is 19.3 Å². The summed E-state index contributed by atoms with van der Waals surface area (Å²) in [4.78, 5) is 72.3. The fourth-order valence-electron chi connectivity index (χ4n) is 10.8. The molecule has 0 saturated carbocycles. The van der Waals surface area contributed by atoms with E-state index in [1.54, 1.807) is 0 Å². The summed E-state index contributed by atoms with van der Waals surface area (Å²) in [5, 5.41) is 10.6. The molecule has 0 aromatic carbocycles. The highest BCUT2D eigenvalue weighted by Gasteiger charge is 2.30. The topological polar surface area (TPSA) is 237 Å². The Balaban J connectivity index is 5.14. The lowest BCUT2D eigenvalue weighted by Crippen LogP contribution is -2.30. The minimum Gasteiger partial charge on any atom is -0.462 e. The number of aliphatic hydroxyl groups is 1. The van der Waals surface area contributed by atoms with Crippen LogP contribution in [0.25, 0.3) is 0 Å². The second kappa shape index (κ2) is 63.1. The average Bonchev–Trinajstić information content (AvgIpc) is 3.39. The molecule has 0 aromatic rings. The van der Waals surface area contributed by atoms with Gasteiger partial charge in [0.25, 0.3) is 0 Å². The van der Waals surface area contributed by atoms with E-state index in [1.165, 1.54) is 173 Å². The van der Waals surface area contributed by atoms with Gasteiger partial charge in [-0.05, 0) is 37.5 Å². The monoisotopic (exact) mass is 1320 g/mol. The maximum atomic E-state index is 13.0. The summed E-state index contributed by atoms with van der Waals surface area (Å²) in [5.41, 5.74) is 0. The van der Waals surface area contributed by atoms with Crippen molar-refractivity contribution in [2.75, 3.05) is 39.6 Å². The number of carbonyl (C=O) groups excluding carboxylic acids is 4. The average molecular weight is 1330 g/mol. The van der Waals surface area contributed by atoms with Crippen molar-refractivity contribution in [1.29, 1.82) is 0 Å². The van der Waals surface area contributed by atoms with Gasteiger partial charge in [0.15, 0.2) is 12.2 Å². The number of unbranched alkanes of at least 4 members (excludes halogenated alkanes) is 40. The molecular formula is C71H138O17P2. The highest BCUT2D eigenvalue weighted by Crippen LogP contribution is 2.45. The summed E-state index contributed by atoms with van der Waals surface area (Å²) in [6, 6.07) is 0. The fraction of sp³-hybridized carbons (Fsp3) is 0.944. The number of hydrogen-bond donors (Lipinski definition) is 3. The van der Waals surface area contributed by atoms with E-state index < -0.39 is 97.5 Å². The van der Waals surface area contributed by atoms with Crippen molar-refractivity contribution in [3.8, 4) is 0 Å². The molecule has 90 heavy (non-hydrogen) atoms. The zero-order chi connectivity index (χ0) is 66.5. The van der Waals surface area contributed by atoms with Gasteiger partial charge >= 0.3 is 39.5 Å². The summed E-state index contributed by atoms with van der Waals surface area (Å²) in [5.74, 6) is -0.635. The number of esters is 4. The van der Waals surface area contributed by atoms with Gasteiger partial charge in [-0.3, -0.25) is 37.3 Å². The highest BCUT2D eigenvalue weighted by molar-refractivity contribution is 7.47. The molecule has 0 amide bonds. The third-order valence-electron chi connectivity index (χ3n) is 16.5. The zero-order valence-corrected chi connectivity index (χ0v) is 60.2. The molecule has 0 heterocycles. The van der Waals surface area contributed by atoms with E-state index in [4.69, 9.17) is 37.0 Å². The van der Waals surface area contributed by atoms with Crippen molar-refractivity contribution in [2.24, 2.45) is 11.8 Å². The molecule has 0 fully saturated rings. The van der Waals surface area contributed by atoms with Crippen LogP contribution in [0.15, 0.2) is 0 Å². The molecule has 0 spiro atoms. The van der Waals surface area contributed by atoms with Crippen LogP contribution in [0.2, 0.25) is 0 Å². The van der Waals surface area contributed by atoms with E-state index in [0.29, 0.717) is 25.7 Å². The highest BCUT2D eigenvalue weighted by atomic mass is 31.2. The molecular weight excluding hydrogens is 1190 g/mol. The van der Waals surface area contributed by atoms with Crippen molar-refractivity contribution in [1.82, 2.24) is 0 Å². The van der Waals surface area contributed by atoms with E-state index in [1.807, 2.05) is 0 Å². The van der Waals surface area contributed by atoms with Gasteiger partial charge in [-0.25, -0.2) is 9.13 Å². The Kier molecular flexibility index (Phi) is 61.8. The maximum Gasteiger partial charge on any atom is 0.472 e. The normalized spacial score (nSPS) is 14.1. The van der Waals surface area contributed by atoms with E-state index >= 15 is 0 Å². The molecule has 0 aliphatic carbocycles. The van der Waals surface area contributed by atoms with Crippen LogP contribution in [0.5, 0.6) is 0 Å². The summed E-state index contributed by atoms with van der Waals surface area (Å²) in [6.45, 7) is 9.44. The smallest absolute Gasteiger partial charge is 0.462 e. The number of phosphoric ester groups is 2. The van der Waals surface area contributed by atoms with Crippen LogP contribution >= 0.6 is 15.6 Å². The predicted molar refractivity (Wildman–Crippen MR) is 363 cm³/mol. The molecule has 0 bridgehead atoms. The molecule has 2 unspecified atom stereocenters. The predicted octanol–water partition coefficient (Wildman–Crippen LogP) is 20.4. The lowest BCUT2D eigenvalue weighted by atomic mass is 10.0. The minimum absolute atomic E-state index is 0.104. The number of hydrogen-bond acceptors (Lipinski definition) is 15. The van der Waals surface area contributed by atoms with E-state index in [2.05, 4.69) is 41.5 Å². The molecule has 0 aromatic heterocycles.